The van der Waals surface area contributed by atoms with Gasteiger partial charge >= 0.3 is 0 Å². The van der Waals surface area contributed by atoms with Gasteiger partial charge in [0, 0.05) is 19.1 Å². The number of nitrogens with one attached hydrogen (secondary N) is 3. The van der Waals surface area contributed by atoms with E-state index in [0.29, 0.717) is 18.3 Å². The summed E-state index contributed by atoms with van der Waals surface area (Å²) in [6.45, 7) is 2.49. The number of carbonyl (C=O) groups is 2. The molecule has 1 aliphatic carbocycles. The lowest BCUT2D eigenvalue weighted by atomic mass is 9.99. The molecule has 3 rings (SSSR count). The van der Waals surface area contributed by atoms with Crippen LogP contribution in [0.1, 0.15) is 31.2 Å². The summed E-state index contributed by atoms with van der Waals surface area (Å²) in [6, 6.07) is 8.04. The molecule has 0 radical (unpaired) electrons. The molecule has 7 heteroatoms. The summed E-state index contributed by atoms with van der Waals surface area (Å²) >= 11 is 0. The summed E-state index contributed by atoms with van der Waals surface area (Å²) < 4.78 is 5.48. The molecular formula is C19H28ClN3O3. The van der Waals surface area contributed by atoms with Crippen LogP contribution >= 0.6 is 12.4 Å². The fourth-order valence-corrected chi connectivity index (χ4v) is 2.95. The van der Waals surface area contributed by atoms with E-state index in [2.05, 4.69) is 16.0 Å². The number of benzene rings is 1. The molecule has 0 spiro atoms. The van der Waals surface area contributed by atoms with Crippen molar-refractivity contribution in [1.82, 2.24) is 16.0 Å². The molecule has 2 fully saturated rings. The van der Waals surface area contributed by atoms with Gasteiger partial charge in [-0.2, -0.15) is 0 Å². The van der Waals surface area contributed by atoms with Crippen LogP contribution < -0.4 is 20.7 Å². The molecule has 2 amide bonds. The molecule has 0 bridgehead atoms. The predicted molar refractivity (Wildman–Crippen MR) is 103 cm³/mol. The van der Waals surface area contributed by atoms with Crippen molar-refractivity contribution >= 4 is 24.2 Å². The fraction of sp³-hybridized carbons (Fsp3) is 0.579. The molecule has 1 aliphatic heterocycles. The number of piperidine rings is 1. The molecule has 144 valence electrons. The van der Waals surface area contributed by atoms with Crippen molar-refractivity contribution in [3.8, 4) is 5.75 Å². The van der Waals surface area contributed by atoms with Crippen molar-refractivity contribution in [3.05, 3.63) is 29.8 Å². The molecule has 1 saturated heterocycles. The maximum atomic E-state index is 12.1. The van der Waals surface area contributed by atoms with E-state index >= 15 is 0 Å². The molecule has 1 atom stereocenters. The SMILES string of the molecule is Cl.O=C(COc1ccc(CCNC(=O)C2CCCNC2)cc1)NC1CC1. The number of hydrogen-bond acceptors (Lipinski definition) is 4. The predicted octanol–water partition coefficient (Wildman–Crippen LogP) is 1.42. The van der Waals surface area contributed by atoms with Crippen LogP contribution in [0.25, 0.3) is 0 Å². The lowest BCUT2D eigenvalue weighted by Gasteiger charge is -2.21. The van der Waals surface area contributed by atoms with Crippen LogP contribution in [0.5, 0.6) is 5.75 Å². The molecule has 1 saturated carbocycles. The Labute approximate surface area is 160 Å². The second-order valence-electron chi connectivity index (χ2n) is 6.86. The van der Waals surface area contributed by atoms with E-state index in [-0.39, 0.29) is 36.7 Å². The summed E-state index contributed by atoms with van der Waals surface area (Å²) in [5.41, 5.74) is 1.14. The zero-order valence-corrected chi connectivity index (χ0v) is 15.8. The zero-order chi connectivity index (χ0) is 17.5. The van der Waals surface area contributed by atoms with E-state index in [4.69, 9.17) is 4.74 Å². The van der Waals surface area contributed by atoms with E-state index in [1.54, 1.807) is 0 Å². The Morgan fingerprint density at radius 1 is 1.15 bits per heavy atom. The van der Waals surface area contributed by atoms with Crippen molar-refractivity contribution < 1.29 is 14.3 Å². The largest absolute Gasteiger partial charge is 0.484 e. The lowest BCUT2D eigenvalue weighted by molar-refractivity contribution is -0.125. The van der Waals surface area contributed by atoms with Crippen LogP contribution in [-0.4, -0.2) is 44.1 Å². The maximum Gasteiger partial charge on any atom is 0.258 e. The Morgan fingerprint density at radius 2 is 1.92 bits per heavy atom. The van der Waals surface area contributed by atoms with Crippen LogP contribution in [0.15, 0.2) is 24.3 Å². The Bertz CT molecular complexity index is 584. The molecular weight excluding hydrogens is 354 g/mol. The van der Waals surface area contributed by atoms with Crippen molar-refractivity contribution in [2.75, 3.05) is 26.2 Å². The van der Waals surface area contributed by atoms with Gasteiger partial charge in [-0.3, -0.25) is 9.59 Å². The zero-order valence-electron chi connectivity index (χ0n) is 15.0. The first-order valence-electron chi connectivity index (χ1n) is 9.20. The molecule has 1 unspecified atom stereocenters. The maximum absolute atomic E-state index is 12.1. The topological polar surface area (TPSA) is 79.5 Å². The smallest absolute Gasteiger partial charge is 0.258 e. The van der Waals surface area contributed by atoms with Crippen LogP contribution in [-0.2, 0) is 16.0 Å². The quantitative estimate of drug-likeness (QED) is 0.636. The van der Waals surface area contributed by atoms with Crippen molar-refractivity contribution in [2.24, 2.45) is 5.92 Å². The molecule has 26 heavy (non-hydrogen) atoms. The van der Waals surface area contributed by atoms with Gasteiger partial charge in [-0.15, -0.1) is 12.4 Å². The highest BCUT2D eigenvalue weighted by Gasteiger charge is 2.23. The van der Waals surface area contributed by atoms with E-state index < -0.39 is 0 Å². The van der Waals surface area contributed by atoms with Gasteiger partial charge in [-0.05, 0) is 56.3 Å². The first-order valence-corrected chi connectivity index (χ1v) is 9.20. The molecule has 1 aromatic carbocycles. The highest BCUT2D eigenvalue weighted by Crippen LogP contribution is 2.18. The van der Waals surface area contributed by atoms with Crippen LogP contribution in [0.4, 0.5) is 0 Å². The number of rotatable bonds is 8. The molecule has 6 nitrogen and oxygen atoms in total. The average Bonchev–Trinajstić information content (AvgIpc) is 3.45. The van der Waals surface area contributed by atoms with E-state index in [1.807, 2.05) is 24.3 Å². The minimum absolute atomic E-state index is 0. The monoisotopic (exact) mass is 381 g/mol. The van der Waals surface area contributed by atoms with E-state index in [1.165, 1.54) is 0 Å². The van der Waals surface area contributed by atoms with Crippen LogP contribution in [0.3, 0.4) is 0 Å². The summed E-state index contributed by atoms with van der Waals surface area (Å²) in [5.74, 6) is 0.874. The van der Waals surface area contributed by atoms with Gasteiger partial charge in [0.2, 0.25) is 5.91 Å². The molecule has 2 aliphatic rings. The van der Waals surface area contributed by atoms with Crippen molar-refractivity contribution in [1.29, 1.82) is 0 Å². The van der Waals surface area contributed by atoms with E-state index in [0.717, 1.165) is 50.8 Å². The Hall–Kier alpha value is -1.79. The number of amides is 2. The third-order valence-corrected chi connectivity index (χ3v) is 4.62. The number of hydrogen-bond donors (Lipinski definition) is 3. The van der Waals surface area contributed by atoms with Gasteiger partial charge in [-0.25, -0.2) is 0 Å². The second kappa shape index (κ2) is 10.4. The fourth-order valence-electron chi connectivity index (χ4n) is 2.95. The van der Waals surface area contributed by atoms with E-state index in [9.17, 15) is 9.59 Å². The third-order valence-electron chi connectivity index (χ3n) is 4.62. The van der Waals surface area contributed by atoms with Gasteiger partial charge in [-0.1, -0.05) is 12.1 Å². The highest BCUT2D eigenvalue weighted by molar-refractivity contribution is 5.85. The summed E-state index contributed by atoms with van der Waals surface area (Å²) in [5, 5.41) is 9.17. The van der Waals surface area contributed by atoms with Crippen molar-refractivity contribution in [2.45, 2.75) is 38.1 Å². The first kappa shape index (κ1) is 20.5. The van der Waals surface area contributed by atoms with Gasteiger partial charge in [0.15, 0.2) is 6.61 Å². The van der Waals surface area contributed by atoms with Crippen molar-refractivity contribution in [3.63, 3.8) is 0 Å². The van der Waals surface area contributed by atoms with Gasteiger partial charge in [0.05, 0.1) is 5.92 Å². The normalized spacial score (nSPS) is 19.2. The molecule has 1 aromatic rings. The molecule has 0 aromatic heterocycles. The first-order chi connectivity index (χ1) is 12.2. The summed E-state index contributed by atoms with van der Waals surface area (Å²) in [7, 11) is 0. The number of ether oxygens (including phenoxy) is 1. The van der Waals surface area contributed by atoms with Gasteiger partial charge < -0.3 is 20.7 Å². The minimum atomic E-state index is -0.0634. The third kappa shape index (κ3) is 6.84. The van der Waals surface area contributed by atoms with Gasteiger partial charge in [0.1, 0.15) is 5.75 Å². The number of carbonyl (C=O) groups excluding carboxylic acids is 2. The lowest BCUT2D eigenvalue weighted by Crippen LogP contribution is -2.41. The minimum Gasteiger partial charge on any atom is -0.484 e. The highest BCUT2D eigenvalue weighted by atomic mass is 35.5. The standard InChI is InChI=1S/C19H27N3O3.ClH/c23-18(22-16-5-6-16)13-25-17-7-3-14(4-8-17)9-11-21-19(24)15-2-1-10-20-12-15;/h3-4,7-8,15-16,20H,1-2,5-6,9-13H2,(H,21,24)(H,22,23);1H. The Kier molecular flexibility index (Phi) is 8.19. The van der Waals surface area contributed by atoms with Gasteiger partial charge in [0.25, 0.3) is 5.91 Å². The van der Waals surface area contributed by atoms with Crippen LogP contribution in [0.2, 0.25) is 0 Å². The molecule has 1 heterocycles. The Balaban J connectivity index is 0.00000243. The second-order valence-corrected chi connectivity index (χ2v) is 6.86. The average molecular weight is 382 g/mol. The summed E-state index contributed by atoms with van der Waals surface area (Å²) in [4.78, 5) is 23.7. The summed E-state index contributed by atoms with van der Waals surface area (Å²) in [6.07, 6.45) is 4.98. The Morgan fingerprint density at radius 3 is 2.58 bits per heavy atom. The van der Waals surface area contributed by atoms with Crippen LogP contribution in [0, 0.1) is 5.92 Å². The number of halogens is 1. The molecule has 3 N–H and O–H groups in total.